The van der Waals surface area contributed by atoms with Crippen molar-refractivity contribution in [2.24, 2.45) is 0 Å². The van der Waals surface area contributed by atoms with Crippen LogP contribution in [0.25, 0.3) is 0 Å². The maximum atomic E-state index is 13.8. The first kappa shape index (κ1) is 38.1. The third kappa shape index (κ3) is 10.8. The highest BCUT2D eigenvalue weighted by Gasteiger charge is 2.38. The molecule has 6 atom stereocenters. The fraction of sp³-hybridized carbons (Fsp3) is 0.543. The van der Waals surface area contributed by atoms with Crippen LogP contribution in [0.4, 0.5) is 0 Å². The molecule has 1 aromatic carbocycles. The normalized spacial score (nSPS) is 27.8. The molecule has 13 nitrogen and oxygen atoms in total. The number of Topliss-reactive ketones (excluding diaryl/α,β-unsaturated/α-hetero) is 1. The van der Waals surface area contributed by atoms with Gasteiger partial charge in [-0.1, -0.05) is 42.5 Å². The lowest BCUT2D eigenvalue weighted by Gasteiger charge is -2.32. The van der Waals surface area contributed by atoms with Gasteiger partial charge in [-0.2, -0.15) is 0 Å². The average molecular weight is 666 g/mol. The lowest BCUT2D eigenvalue weighted by Crippen LogP contribution is -2.63. The number of nitrogens with zero attached hydrogens (tertiary/aromatic N) is 1. The van der Waals surface area contributed by atoms with Gasteiger partial charge in [0.25, 0.3) is 0 Å². The molecule has 0 radical (unpaired) electrons. The number of rotatable bonds is 7. The highest BCUT2D eigenvalue weighted by Crippen LogP contribution is 2.19. The van der Waals surface area contributed by atoms with Gasteiger partial charge in [0.2, 0.25) is 23.6 Å². The number of amides is 4. The molecule has 3 rings (SSSR count). The Hall–Kier alpha value is -4.36. The summed E-state index contributed by atoms with van der Waals surface area (Å²) in [5.74, 6) is -2.71. The van der Waals surface area contributed by atoms with E-state index in [0.717, 1.165) is 5.56 Å². The minimum absolute atomic E-state index is 0.0386. The Morgan fingerprint density at radius 1 is 0.938 bits per heavy atom. The molecule has 262 valence electrons. The number of imidazole rings is 1. The summed E-state index contributed by atoms with van der Waals surface area (Å²) >= 11 is 0. The van der Waals surface area contributed by atoms with Crippen molar-refractivity contribution in [1.29, 1.82) is 0 Å². The summed E-state index contributed by atoms with van der Waals surface area (Å²) in [7, 11) is 1.68. The number of H-pyrrole nitrogens is 1. The second-order valence-electron chi connectivity index (χ2n) is 13.0. The Labute approximate surface area is 282 Å². The minimum Gasteiger partial charge on any atom is -0.391 e. The predicted octanol–water partition coefficient (Wildman–Crippen LogP) is 1.38. The molecule has 1 aliphatic rings. The van der Waals surface area contributed by atoms with Crippen LogP contribution in [0.1, 0.15) is 77.5 Å². The predicted molar refractivity (Wildman–Crippen MR) is 181 cm³/mol. The second kappa shape index (κ2) is 17.7. The molecule has 13 heteroatoms. The van der Waals surface area contributed by atoms with Gasteiger partial charge in [-0.15, -0.1) is 0 Å². The fourth-order valence-electron chi connectivity index (χ4n) is 5.54. The lowest BCUT2D eigenvalue weighted by molar-refractivity contribution is -0.137. The average Bonchev–Trinajstić information content (AvgIpc) is 3.56. The molecule has 0 bridgehead atoms. The molecule has 3 unspecified atom stereocenters. The Morgan fingerprint density at radius 2 is 1.58 bits per heavy atom. The first-order valence-electron chi connectivity index (χ1n) is 16.6. The van der Waals surface area contributed by atoms with Crippen LogP contribution in [-0.2, 0) is 36.8 Å². The van der Waals surface area contributed by atoms with E-state index < -0.39 is 58.9 Å². The highest BCUT2D eigenvalue weighted by molar-refractivity contribution is 5.97. The zero-order valence-corrected chi connectivity index (χ0v) is 28.6. The quantitative estimate of drug-likeness (QED) is 0.216. The zero-order chi connectivity index (χ0) is 35.3. The molecule has 0 spiro atoms. The number of carbonyl (C=O) groups excluding carboxylic acids is 5. The van der Waals surface area contributed by atoms with Gasteiger partial charge in [-0.3, -0.25) is 24.0 Å². The van der Waals surface area contributed by atoms with Gasteiger partial charge in [0.1, 0.15) is 18.1 Å². The van der Waals surface area contributed by atoms with Crippen molar-refractivity contribution in [2.75, 3.05) is 7.05 Å². The third-order valence-corrected chi connectivity index (χ3v) is 9.07. The smallest absolute Gasteiger partial charge is 0.245 e. The van der Waals surface area contributed by atoms with Crippen molar-refractivity contribution >= 4 is 29.4 Å². The fourth-order valence-corrected chi connectivity index (χ4v) is 5.54. The van der Waals surface area contributed by atoms with Gasteiger partial charge in [0.05, 0.1) is 23.5 Å². The van der Waals surface area contributed by atoms with Crippen LogP contribution in [-0.4, -0.2) is 86.8 Å². The summed E-state index contributed by atoms with van der Waals surface area (Å²) in [5.41, 5.74) is -0.851. The first-order valence-corrected chi connectivity index (χ1v) is 16.6. The van der Waals surface area contributed by atoms with Gasteiger partial charge in [-0.25, -0.2) is 4.98 Å². The number of carbonyl (C=O) groups is 5. The van der Waals surface area contributed by atoms with Gasteiger partial charge in [-0.05, 0) is 78.8 Å². The topological polar surface area (TPSA) is 194 Å². The van der Waals surface area contributed by atoms with Crippen LogP contribution in [0.5, 0.6) is 0 Å². The Kier molecular flexibility index (Phi) is 14.0. The number of allylic oxidation sites excluding steroid dienone is 2. The molecule has 2 heterocycles. The van der Waals surface area contributed by atoms with E-state index >= 15 is 0 Å². The largest absolute Gasteiger partial charge is 0.391 e. The Balaban J connectivity index is 1.99. The SMILES string of the molecule is CNC1(C)CCCC=CCCCC(C)(C(C)=O)NC(=O)[C@H](Cc2ccccc2)NC(=O)[C@H](C(C)O)NC(=O)[C@H](Cc2cnc[nH]2)NC1=O. The first-order chi connectivity index (χ1) is 22.8. The number of aliphatic hydroxyl groups excluding tert-OH is 1. The number of aliphatic hydroxyl groups is 1. The molecule has 2 aromatic rings. The molecule has 48 heavy (non-hydrogen) atoms. The number of nitrogens with one attached hydrogen (secondary N) is 6. The van der Waals surface area contributed by atoms with Crippen molar-refractivity contribution in [3.63, 3.8) is 0 Å². The molecule has 0 fully saturated rings. The van der Waals surface area contributed by atoms with Crippen molar-refractivity contribution in [3.05, 3.63) is 66.3 Å². The van der Waals surface area contributed by atoms with Crippen LogP contribution in [0.3, 0.4) is 0 Å². The number of aromatic nitrogens is 2. The maximum Gasteiger partial charge on any atom is 0.245 e. The molecule has 1 aromatic heterocycles. The number of hydrogen-bond acceptors (Lipinski definition) is 8. The standard InChI is InChI=1S/C35H51N7O6/c1-23(43)29-32(47)39-27(19-25-15-11-10-12-16-25)31(46)42-34(3,24(2)44)17-13-8-6-7-9-14-18-35(4,36-5)33(48)40-28(30(45)41-29)20-26-21-37-22-38-26/h6-7,10-12,15-16,21-23,27-29,36,43H,8-9,13-14,17-20H2,1-5H3,(H,37,38)(H,39,47)(H,40,48)(H,41,45)(H,42,46)/t23?,27-,28-,29-,34?,35?/m0/s1. The van der Waals surface area contributed by atoms with Crippen molar-refractivity contribution in [1.82, 2.24) is 36.6 Å². The van der Waals surface area contributed by atoms with Gasteiger partial charge in [0.15, 0.2) is 5.78 Å². The summed E-state index contributed by atoms with van der Waals surface area (Å²) in [6, 6.07) is 5.33. The number of hydrogen-bond donors (Lipinski definition) is 7. The molecular formula is C35H51N7O6. The van der Waals surface area contributed by atoms with Crippen LogP contribution < -0.4 is 26.6 Å². The molecule has 0 saturated carbocycles. The summed E-state index contributed by atoms with van der Waals surface area (Å²) < 4.78 is 0. The summed E-state index contributed by atoms with van der Waals surface area (Å²) in [4.78, 5) is 74.7. The van der Waals surface area contributed by atoms with Crippen LogP contribution in [0, 0.1) is 0 Å². The highest BCUT2D eigenvalue weighted by atomic mass is 16.3. The third-order valence-electron chi connectivity index (χ3n) is 9.07. The molecule has 7 N–H and O–H groups in total. The van der Waals surface area contributed by atoms with Gasteiger partial charge in [0, 0.05) is 24.7 Å². The monoisotopic (exact) mass is 665 g/mol. The van der Waals surface area contributed by atoms with E-state index in [-0.39, 0.29) is 18.6 Å². The number of benzene rings is 1. The van der Waals surface area contributed by atoms with Gasteiger partial charge < -0.3 is 36.7 Å². The maximum absolute atomic E-state index is 13.8. The summed E-state index contributed by atoms with van der Waals surface area (Å²) in [6.07, 6.45) is 9.40. The van der Waals surface area contributed by atoms with E-state index in [0.29, 0.717) is 44.2 Å². The number of likely N-dealkylation sites (N-methyl/N-ethyl adjacent to an activating group) is 1. The van der Waals surface area contributed by atoms with E-state index in [4.69, 9.17) is 0 Å². The summed E-state index contributed by atoms with van der Waals surface area (Å²) in [5, 5.41) is 24.8. The Morgan fingerprint density at radius 3 is 2.17 bits per heavy atom. The van der Waals surface area contributed by atoms with E-state index in [2.05, 4.69) is 36.6 Å². The Bertz CT molecular complexity index is 1410. The van der Waals surface area contributed by atoms with Crippen molar-refractivity contribution < 1.29 is 29.1 Å². The van der Waals surface area contributed by atoms with E-state index in [1.165, 1.54) is 26.4 Å². The summed E-state index contributed by atoms with van der Waals surface area (Å²) in [6.45, 7) is 6.21. The number of ketones is 1. The molecule has 0 saturated heterocycles. The van der Waals surface area contributed by atoms with Gasteiger partial charge >= 0.3 is 0 Å². The molecular weight excluding hydrogens is 614 g/mol. The minimum atomic E-state index is -1.47. The van der Waals surface area contributed by atoms with E-state index in [1.54, 1.807) is 20.9 Å². The lowest BCUT2D eigenvalue weighted by atomic mass is 9.89. The van der Waals surface area contributed by atoms with Crippen molar-refractivity contribution in [3.8, 4) is 0 Å². The molecule has 4 amide bonds. The molecule has 0 aliphatic carbocycles. The second-order valence-corrected chi connectivity index (χ2v) is 13.0. The zero-order valence-electron chi connectivity index (χ0n) is 28.6. The number of aromatic amines is 1. The van der Waals surface area contributed by atoms with E-state index in [1.807, 2.05) is 42.5 Å². The van der Waals surface area contributed by atoms with Crippen LogP contribution >= 0.6 is 0 Å². The van der Waals surface area contributed by atoms with Crippen LogP contribution in [0.15, 0.2) is 55.0 Å². The van der Waals surface area contributed by atoms with Crippen LogP contribution in [0.2, 0.25) is 0 Å². The van der Waals surface area contributed by atoms with Crippen molar-refractivity contribution in [2.45, 2.75) is 114 Å². The molecule has 1 aliphatic heterocycles. The van der Waals surface area contributed by atoms with E-state index in [9.17, 15) is 29.1 Å².